The smallest absolute Gasteiger partial charge is 0.341 e. The van der Waals surface area contributed by atoms with Crippen LogP contribution in [-0.4, -0.2) is 33.7 Å². The SMILES string of the molecule is CCOC(=O)c1c(NC(=O)C(C)Sc2nc(C)cc(C)n2)sc2c1CCCCC2. The number of carbonyl (C=O) groups excluding carboxylic acids is 2. The van der Waals surface area contributed by atoms with E-state index in [4.69, 9.17) is 4.74 Å². The standard InChI is InChI=1S/C21H27N3O3S2/c1-5-27-20(26)17-15-9-7-6-8-10-16(15)29-19(17)24-18(25)14(4)28-21-22-12(2)11-13(3)23-21/h11,14H,5-10H2,1-4H3,(H,24,25). The minimum atomic E-state index is -0.395. The van der Waals surface area contributed by atoms with E-state index in [1.165, 1.54) is 28.0 Å². The highest BCUT2D eigenvalue weighted by atomic mass is 32.2. The van der Waals surface area contributed by atoms with Crippen LogP contribution in [0.4, 0.5) is 5.00 Å². The molecule has 29 heavy (non-hydrogen) atoms. The summed E-state index contributed by atoms with van der Waals surface area (Å²) in [4.78, 5) is 35.5. The van der Waals surface area contributed by atoms with Crippen molar-refractivity contribution < 1.29 is 14.3 Å². The fourth-order valence-corrected chi connectivity index (χ4v) is 5.58. The number of nitrogens with zero attached hydrogens (tertiary/aromatic N) is 2. The third kappa shape index (κ3) is 5.36. The van der Waals surface area contributed by atoms with Gasteiger partial charge in [0, 0.05) is 16.3 Å². The number of rotatable bonds is 6. The summed E-state index contributed by atoms with van der Waals surface area (Å²) >= 11 is 2.83. The maximum absolute atomic E-state index is 12.9. The van der Waals surface area contributed by atoms with Crippen LogP contribution in [0.1, 0.15) is 65.3 Å². The Bertz CT molecular complexity index is 891. The first-order valence-electron chi connectivity index (χ1n) is 10.0. The molecule has 0 radical (unpaired) electrons. The van der Waals surface area contributed by atoms with Crippen molar-refractivity contribution >= 4 is 40.0 Å². The predicted octanol–water partition coefficient (Wildman–Crippen LogP) is 4.72. The average molecular weight is 434 g/mol. The number of anilines is 1. The molecule has 0 aliphatic heterocycles. The van der Waals surface area contributed by atoms with Crippen molar-refractivity contribution in [3.05, 3.63) is 33.5 Å². The van der Waals surface area contributed by atoms with Gasteiger partial charge in [0.05, 0.1) is 17.4 Å². The number of amides is 1. The van der Waals surface area contributed by atoms with Gasteiger partial charge in [-0.1, -0.05) is 18.2 Å². The summed E-state index contributed by atoms with van der Waals surface area (Å²) in [6, 6.07) is 1.90. The van der Waals surface area contributed by atoms with Gasteiger partial charge in [0.2, 0.25) is 5.91 Å². The Kier molecular flexibility index (Phi) is 7.29. The van der Waals surface area contributed by atoms with E-state index in [-0.39, 0.29) is 11.9 Å². The van der Waals surface area contributed by atoms with Crippen LogP contribution < -0.4 is 5.32 Å². The molecule has 1 N–H and O–H groups in total. The number of esters is 1. The molecule has 0 bridgehead atoms. The molecule has 2 aromatic rings. The molecule has 1 unspecified atom stereocenters. The second kappa shape index (κ2) is 9.71. The zero-order valence-corrected chi connectivity index (χ0v) is 19.0. The number of hydrogen-bond acceptors (Lipinski definition) is 7. The lowest BCUT2D eigenvalue weighted by Crippen LogP contribution is -2.23. The summed E-state index contributed by atoms with van der Waals surface area (Å²) < 4.78 is 5.29. The Morgan fingerprint density at radius 3 is 2.59 bits per heavy atom. The number of aromatic nitrogens is 2. The van der Waals surface area contributed by atoms with Crippen molar-refractivity contribution in [1.29, 1.82) is 0 Å². The summed E-state index contributed by atoms with van der Waals surface area (Å²) in [5, 5.41) is 3.77. The van der Waals surface area contributed by atoms with Crippen LogP contribution in [0.2, 0.25) is 0 Å². The molecular weight excluding hydrogens is 406 g/mol. The van der Waals surface area contributed by atoms with Gasteiger partial charge in [-0.3, -0.25) is 4.79 Å². The van der Waals surface area contributed by atoms with E-state index >= 15 is 0 Å². The number of thioether (sulfide) groups is 1. The molecule has 2 heterocycles. The van der Waals surface area contributed by atoms with Gasteiger partial charge in [-0.2, -0.15) is 0 Å². The molecule has 8 heteroatoms. The van der Waals surface area contributed by atoms with Crippen LogP contribution in [-0.2, 0) is 22.4 Å². The monoisotopic (exact) mass is 433 g/mol. The fraction of sp³-hybridized carbons (Fsp3) is 0.524. The number of carbonyl (C=O) groups is 2. The Morgan fingerprint density at radius 2 is 1.90 bits per heavy atom. The van der Waals surface area contributed by atoms with Gasteiger partial charge < -0.3 is 10.1 Å². The second-order valence-electron chi connectivity index (χ2n) is 7.17. The van der Waals surface area contributed by atoms with Crippen LogP contribution in [0.3, 0.4) is 0 Å². The van der Waals surface area contributed by atoms with Gasteiger partial charge in [0.25, 0.3) is 0 Å². The molecule has 0 saturated heterocycles. The Morgan fingerprint density at radius 1 is 1.21 bits per heavy atom. The first kappa shape index (κ1) is 21.8. The molecule has 6 nitrogen and oxygen atoms in total. The molecule has 1 aliphatic rings. The van der Waals surface area contributed by atoms with Crippen molar-refractivity contribution in [1.82, 2.24) is 9.97 Å². The second-order valence-corrected chi connectivity index (χ2v) is 9.58. The van der Waals surface area contributed by atoms with Crippen LogP contribution in [0, 0.1) is 13.8 Å². The maximum atomic E-state index is 12.9. The molecule has 0 spiro atoms. The van der Waals surface area contributed by atoms with Gasteiger partial charge >= 0.3 is 5.97 Å². The third-order valence-electron chi connectivity index (χ3n) is 4.75. The molecule has 3 rings (SSSR count). The van der Waals surface area contributed by atoms with E-state index in [1.54, 1.807) is 6.92 Å². The van der Waals surface area contributed by atoms with E-state index in [2.05, 4.69) is 15.3 Å². The van der Waals surface area contributed by atoms with Crippen LogP contribution in [0.15, 0.2) is 11.2 Å². The minimum absolute atomic E-state index is 0.167. The molecule has 1 aliphatic carbocycles. The number of fused-ring (bicyclic) bond motifs is 1. The van der Waals surface area contributed by atoms with Crippen molar-refractivity contribution in [3.8, 4) is 0 Å². The van der Waals surface area contributed by atoms with Crippen LogP contribution in [0.5, 0.6) is 0 Å². The maximum Gasteiger partial charge on any atom is 0.341 e. The summed E-state index contributed by atoms with van der Waals surface area (Å²) in [6.45, 7) is 7.75. The zero-order chi connectivity index (χ0) is 21.0. The van der Waals surface area contributed by atoms with Gasteiger partial charge in [-0.25, -0.2) is 14.8 Å². The molecule has 2 aromatic heterocycles. The van der Waals surface area contributed by atoms with Crippen molar-refractivity contribution in [2.45, 2.75) is 70.2 Å². The fourth-order valence-electron chi connectivity index (χ4n) is 3.42. The lowest BCUT2D eigenvalue weighted by atomic mass is 10.1. The van der Waals surface area contributed by atoms with E-state index < -0.39 is 5.25 Å². The summed E-state index contributed by atoms with van der Waals surface area (Å²) in [5.74, 6) is -0.514. The minimum Gasteiger partial charge on any atom is -0.462 e. The van der Waals surface area contributed by atoms with Crippen LogP contribution in [0.25, 0.3) is 0 Å². The normalized spacial score (nSPS) is 14.6. The number of thiophene rings is 1. The first-order chi connectivity index (χ1) is 13.9. The van der Waals surface area contributed by atoms with Gasteiger partial charge in [0.15, 0.2) is 5.16 Å². The molecule has 156 valence electrons. The highest BCUT2D eigenvalue weighted by molar-refractivity contribution is 8.00. The highest BCUT2D eigenvalue weighted by Crippen LogP contribution is 2.38. The Labute approximate surface area is 179 Å². The molecule has 0 saturated carbocycles. The lowest BCUT2D eigenvalue weighted by Gasteiger charge is -2.12. The molecular formula is C21H27N3O3S2. The van der Waals surface area contributed by atoms with E-state index in [0.717, 1.165) is 49.1 Å². The van der Waals surface area contributed by atoms with Crippen molar-refractivity contribution in [2.24, 2.45) is 0 Å². The summed E-state index contributed by atoms with van der Waals surface area (Å²) in [6.07, 6.45) is 5.13. The molecule has 0 aromatic carbocycles. The quantitative estimate of drug-likeness (QED) is 0.307. The van der Waals surface area contributed by atoms with Crippen molar-refractivity contribution in [2.75, 3.05) is 11.9 Å². The number of ether oxygens (including phenoxy) is 1. The van der Waals surface area contributed by atoms with E-state index in [0.29, 0.717) is 22.3 Å². The topological polar surface area (TPSA) is 81.2 Å². The lowest BCUT2D eigenvalue weighted by molar-refractivity contribution is -0.115. The molecule has 0 fully saturated rings. The number of hydrogen-bond donors (Lipinski definition) is 1. The largest absolute Gasteiger partial charge is 0.462 e. The molecule has 1 amide bonds. The average Bonchev–Trinajstić information content (AvgIpc) is 2.81. The zero-order valence-electron chi connectivity index (χ0n) is 17.3. The van der Waals surface area contributed by atoms with E-state index in [1.807, 2.05) is 26.8 Å². The van der Waals surface area contributed by atoms with E-state index in [9.17, 15) is 9.59 Å². The van der Waals surface area contributed by atoms with Crippen LogP contribution >= 0.6 is 23.1 Å². The summed E-state index contributed by atoms with van der Waals surface area (Å²) in [7, 11) is 0. The number of nitrogens with one attached hydrogen (secondary N) is 1. The first-order valence-corrected chi connectivity index (χ1v) is 11.7. The Balaban J connectivity index is 1.80. The van der Waals surface area contributed by atoms with Gasteiger partial charge in [0.1, 0.15) is 5.00 Å². The number of aryl methyl sites for hydroxylation is 3. The van der Waals surface area contributed by atoms with Crippen molar-refractivity contribution in [3.63, 3.8) is 0 Å². The Hall–Kier alpha value is -1.93. The van der Waals surface area contributed by atoms with Gasteiger partial charge in [-0.15, -0.1) is 11.3 Å². The summed E-state index contributed by atoms with van der Waals surface area (Å²) in [5.41, 5.74) is 3.35. The van der Waals surface area contributed by atoms with Gasteiger partial charge in [-0.05, 0) is 65.0 Å². The highest BCUT2D eigenvalue weighted by Gasteiger charge is 2.28. The third-order valence-corrected chi connectivity index (χ3v) is 6.92. The molecule has 1 atom stereocenters. The predicted molar refractivity (Wildman–Crippen MR) is 117 cm³/mol.